The van der Waals surface area contributed by atoms with E-state index in [1.54, 1.807) is 11.9 Å². The first kappa shape index (κ1) is 14.5. The molecule has 0 bridgehead atoms. The fourth-order valence-electron chi connectivity index (χ4n) is 2.14. The van der Waals surface area contributed by atoms with E-state index in [1.165, 1.54) is 0 Å². The lowest BCUT2D eigenvalue weighted by molar-refractivity contribution is -0.111. The van der Waals surface area contributed by atoms with Crippen LogP contribution in [0.25, 0.3) is 0 Å². The Bertz CT molecular complexity index is 566. The number of nitrogens with one attached hydrogen (secondary N) is 1. The third kappa shape index (κ3) is 2.51. The zero-order valence-electron chi connectivity index (χ0n) is 11.9. The Hall–Kier alpha value is -1.95. The Balaban J connectivity index is 2.23. The van der Waals surface area contributed by atoms with Crippen LogP contribution in [-0.2, 0) is 4.79 Å². The lowest BCUT2D eigenvalue weighted by atomic mass is 10.1. The Morgan fingerprint density at radius 2 is 2.00 bits per heavy atom. The lowest BCUT2D eigenvalue weighted by Crippen LogP contribution is -2.38. The van der Waals surface area contributed by atoms with Crippen LogP contribution in [0.2, 0.25) is 0 Å². The minimum absolute atomic E-state index is 0.124. The maximum absolute atomic E-state index is 12.2. The molecule has 0 fully saturated rings. The number of para-hydroxylation sites is 1. The van der Waals surface area contributed by atoms with Gasteiger partial charge in [-0.2, -0.15) is 5.10 Å². The second-order valence-corrected chi connectivity index (χ2v) is 4.82. The van der Waals surface area contributed by atoms with E-state index in [2.05, 4.69) is 10.5 Å². The largest absolute Gasteiger partial charge is 0.348 e. The molecule has 0 aliphatic carbocycles. The molecule has 2 rings (SSSR count). The average molecular weight is 290 g/mol. The number of carbonyl (C=O) groups excluding carboxylic acids is 1. The van der Waals surface area contributed by atoms with Crippen LogP contribution in [0.4, 0.5) is 5.69 Å². The molecule has 6 heteroatoms. The number of thiocarbonyl (C=S) groups is 1. The summed E-state index contributed by atoms with van der Waals surface area (Å²) in [6.07, 6.45) is 0. The van der Waals surface area contributed by atoms with Gasteiger partial charge in [-0.1, -0.05) is 18.2 Å². The van der Waals surface area contributed by atoms with Crippen LogP contribution in [0.1, 0.15) is 19.4 Å². The zero-order chi connectivity index (χ0) is 14.7. The summed E-state index contributed by atoms with van der Waals surface area (Å²) in [5, 5.41) is 4.74. The summed E-state index contributed by atoms with van der Waals surface area (Å²) in [5.41, 5.74) is 4.91. The smallest absolute Gasteiger partial charge is 0.279 e. The fourth-order valence-corrected chi connectivity index (χ4v) is 2.45. The van der Waals surface area contributed by atoms with Gasteiger partial charge < -0.3 is 9.80 Å². The Labute approximate surface area is 124 Å². The Morgan fingerprint density at radius 1 is 1.35 bits per heavy atom. The number of hydrogen-bond acceptors (Lipinski definition) is 3. The highest BCUT2D eigenvalue weighted by Crippen LogP contribution is 2.27. The van der Waals surface area contributed by atoms with Crippen LogP contribution in [0.15, 0.2) is 29.4 Å². The summed E-state index contributed by atoms with van der Waals surface area (Å²) >= 11 is 5.26. The van der Waals surface area contributed by atoms with Gasteiger partial charge in [0.2, 0.25) is 0 Å². The monoisotopic (exact) mass is 290 g/mol. The van der Waals surface area contributed by atoms with Crippen molar-refractivity contribution in [2.75, 3.05) is 25.0 Å². The van der Waals surface area contributed by atoms with Gasteiger partial charge in [-0.05, 0) is 32.1 Å². The number of carbonyl (C=O) groups is 1. The molecule has 1 aliphatic heterocycles. The number of fused-ring (bicyclic) bond motifs is 1. The molecular weight excluding hydrogens is 272 g/mol. The van der Waals surface area contributed by atoms with E-state index in [-0.39, 0.29) is 5.91 Å². The van der Waals surface area contributed by atoms with Gasteiger partial charge in [0, 0.05) is 25.7 Å². The molecule has 1 aromatic rings. The number of likely N-dealkylation sites (N-methyl/N-ethyl adjacent to an activating group) is 1. The van der Waals surface area contributed by atoms with Gasteiger partial charge in [0.1, 0.15) is 0 Å². The highest BCUT2D eigenvalue weighted by Gasteiger charge is 2.31. The number of benzene rings is 1. The number of anilines is 1. The van der Waals surface area contributed by atoms with E-state index in [1.807, 2.05) is 43.0 Å². The van der Waals surface area contributed by atoms with Gasteiger partial charge in [0.15, 0.2) is 10.8 Å². The Morgan fingerprint density at radius 3 is 2.65 bits per heavy atom. The molecule has 1 N–H and O–H groups in total. The van der Waals surface area contributed by atoms with Gasteiger partial charge in [-0.15, -0.1) is 0 Å². The Kier molecular flexibility index (Phi) is 4.34. The maximum atomic E-state index is 12.2. The second-order valence-electron chi connectivity index (χ2n) is 4.43. The average Bonchev–Trinajstić information content (AvgIpc) is 2.71. The molecule has 20 heavy (non-hydrogen) atoms. The molecule has 106 valence electrons. The van der Waals surface area contributed by atoms with Crippen molar-refractivity contribution in [1.82, 2.24) is 10.3 Å². The summed E-state index contributed by atoms with van der Waals surface area (Å²) < 4.78 is 0. The normalized spacial score (nSPS) is 15.4. The van der Waals surface area contributed by atoms with Gasteiger partial charge in [-0.25, -0.2) is 0 Å². The molecule has 0 saturated carbocycles. The van der Waals surface area contributed by atoms with Crippen molar-refractivity contribution in [3.63, 3.8) is 0 Å². The summed E-state index contributed by atoms with van der Waals surface area (Å²) in [5.74, 6) is -0.124. The van der Waals surface area contributed by atoms with E-state index in [0.29, 0.717) is 10.8 Å². The number of hydrogen-bond donors (Lipinski definition) is 1. The van der Waals surface area contributed by atoms with Crippen molar-refractivity contribution in [2.45, 2.75) is 13.8 Å². The highest BCUT2D eigenvalue weighted by atomic mass is 32.1. The molecule has 1 amide bonds. The molecule has 0 spiro atoms. The minimum Gasteiger partial charge on any atom is -0.348 e. The first-order valence-electron chi connectivity index (χ1n) is 6.60. The first-order chi connectivity index (χ1) is 9.60. The molecule has 0 aromatic heterocycles. The molecule has 1 heterocycles. The SMILES string of the molecule is CCN(CC)C(=S)NN=C1C(=O)N(C)c2ccccc21. The zero-order valence-corrected chi connectivity index (χ0v) is 12.7. The van der Waals surface area contributed by atoms with Crippen molar-refractivity contribution in [3.8, 4) is 0 Å². The standard InChI is InChI=1S/C14H18N4OS/c1-4-18(5-2)14(20)16-15-12-10-8-6-7-9-11(10)17(3)13(12)19/h6-9H,4-5H2,1-3H3,(H,16,20). The van der Waals surface area contributed by atoms with E-state index in [0.717, 1.165) is 24.3 Å². The topological polar surface area (TPSA) is 47.9 Å². The predicted octanol–water partition coefficient (Wildman–Crippen LogP) is 1.58. The van der Waals surface area contributed by atoms with Gasteiger partial charge in [0.25, 0.3) is 5.91 Å². The molecule has 5 nitrogen and oxygen atoms in total. The van der Waals surface area contributed by atoms with Gasteiger partial charge >= 0.3 is 0 Å². The fraction of sp³-hybridized carbons (Fsp3) is 0.357. The molecule has 1 aromatic carbocycles. The molecule has 1 aliphatic rings. The van der Waals surface area contributed by atoms with Gasteiger partial charge in [-0.3, -0.25) is 10.2 Å². The van der Waals surface area contributed by atoms with Crippen molar-refractivity contribution >= 4 is 34.6 Å². The molecule has 0 atom stereocenters. The third-order valence-electron chi connectivity index (χ3n) is 3.34. The highest BCUT2D eigenvalue weighted by molar-refractivity contribution is 7.80. The predicted molar refractivity (Wildman–Crippen MR) is 85.0 cm³/mol. The molecule has 0 unspecified atom stereocenters. The number of nitrogens with zero attached hydrogens (tertiary/aromatic N) is 3. The van der Waals surface area contributed by atoms with Crippen LogP contribution in [0.3, 0.4) is 0 Å². The van der Waals surface area contributed by atoms with Crippen LogP contribution in [0.5, 0.6) is 0 Å². The summed E-state index contributed by atoms with van der Waals surface area (Å²) in [7, 11) is 1.74. The summed E-state index contributed by atoms with van der Waals surface area (Å²) in [6.45, 7) is 5.65. The van der Waals surface area contributed by atoms with Crippen LogP contribution in [-0.4, -0.2) is 41.8 Å². The van der Waals surface area contributed by atoms with Crippen molar-refractivity contribution in [1.29, 1.82) is 0 Å². The van der Waals surface area contributed by atoms with Crippen molar-refractivity contribution < 1.29 is 4.79 Å². The van der Waals surface area contributed by atoms with E-state index in [9.17, 15) is 4.79 Å². The summed E-state index contributed by atoms with van der Waals surface area (Å²) in [4.78, 5) is 15.7. The molecule has 0 radical (unpaired) electrons. The van der Waals surface area contributed by atoms with E-state index >= 15 is 0 Å². The van der Waals surface area contributed by atoms with Crippen LogP contribution >= 0.6 is 12.2 Å². The van der Waals surface area contributed by atoms with E-state index in [4.69, 9.17) is 12.2 Å². The van der Waals surface area contributed by atoms with Crippen LogP contribution in [0, 0.1) is 0 Å². The maximum Gasteiger partial charge on any atom is 0.279 e. The quantitative estimate of drug-likeness (QED) is 0.678. The third-order valence-corrected chi connectivity index (χ3v) is 3.69. The van der Waals surface area contributed by atoms with Crippen molar-refractivity contribution in [2.24, 2.45) is 5.10 Å². The minimum atomic E-state index is -0.124. The number of rotatable bonds is 3. The van der Waals surface area contributed by atoms with Gasteiger partial charge in [0.05, 0.1) is 5.69 Å². The molecule has 0 saturated heterocycles. The van der Waals surface area contributed by atoms with Crippen molar-refractivity contribution in [3.05, 3.63) is 29.8 Å². The first-order valence-corrected chi connectivity index (χ1v) is 7.01. The lowest BCUT2D eigenvalue weighted by Gasteiger charge is -2.20. The van der Waals surface area contributed by atoms with E-state index < -0.39 is 0 Å². The number of amides is 1. The van der Waals surface area contributed by atoms with Crippen LogP contribution < -0.4 is 10.3 Å². The number of hydrazone groups is 1. The summed E-state index contributed by atoms with van der Waals surface area (Å²) in [6, 6.07) is 7.58. The molecular formula is C14H18N4OS. The second kappa shape index (κ2) is 6.00.